The fourth-order valence-electron chi connectivity index (χ4n) is 1.01. The normalized spacial score (nSPS) is 12.2. The van der Waals surface area contributed by atoms with Gasteiger partial charge in [0.05, 0.1) is 15.8 Å². The van der Waals surface area contributed by atoms with Gasteiger partial charge in [-0.25, -0.2) is 4.98 Å². The minimum Gasteiger partial charge on any atom is -0.327 e. The van der Waals surface area contributed by atoms with Crippen LogP contribution in [-0.2, 0) is 4.79 Å². The Morgan fingerprint density at radius 2 is 2.35 bits per heavy atom. The third kappa shape index (κ3) is 5.59. The number of pyridine rings is 1. The summed E-state index contributed by atoms with van der Waals surface area (Å²) in [5.74, 6) is 1.21. The molecule has 17 heavy (non-hydrogen) atoms. The smallest absolute Gasteiger partial charge is 0.235 e. The summed E-state index contributed by atoms with van der Waals surface area (Å²) in [6, 6.07) is 1.60. The Bertz CT molecular complexity index is 401. The molecule has 0 radical (unpaired) electrons. The molecule has 3 N–H and O–H groups in total. The Morgan fingerprint density at radius 3 is 2.94 bits per heavy atom. The third-order valence-electron chi connectivity index (χ3n) is 1.68. The van der Waals surface area contributed by atoms with Crippen LogP contribution in [0.1, 0.15) is 6.92 Å². The summed E-state index contributed by atoms with van der Waals surface area (Å²) in [5.41, 5.74) is 5.57. The van der Waals surface area contributed by atoms with E-state index in [1.54, 1.807) is 0 Å². The standard InChI is InChI=1S/C10H13Cl2N3OS/c1-6(13)4-17-5-9(16)15-10-8(12)2-7(11)3-14-10/h2-3,6H,4-5,13H2,1H3,(H,14,15,16). The van der Waals surface area contributed by atoms with E-state index < -0.39 is 0 Å². The summed E-state index contributed by atoms with van der Waals surface area (Å²) in [4.78, 5) is 15.5. The molecule has 0 aromatic carbocycles. The van der Waals surface area contributed by atoms with Crippen molar-refractivity contribution >= 4 is 46.7 Å². The van der Waals surface area contributed by atoms with Gasteiger partial charge in [0.2, 0.25) is 5.91 Å². The molecule has 1 aromatic rings. The minimum absolute atomic E-state index is 0.0741. The maximum absolute atomic E-state index is 11.5. The van der Waals surface area contributed by atoms with Crippen LogP contribution in [0.2, 0.25) is 10.0 Å². The molecule has 7 heteroatoms. The van der Waals surface area contributed by atoms with Crippen LogP contribution >= 0.6 is 35.0 Å². The molecule has 0 fully saturated rings. The number of nitrogens with two attached hydrogens (primary N) is 1. The lowest BCUT2D eigenvalue weighted by molar-refractivity contribution is -0.113. The molecule has 1 heterocycles. The summed E-state index contributed by atoms with van der Waals surface area (Å²) >= 11 is 13.0. The molecule has 94 valence electrons. The Kier molecular flexibility index (Phi) is 6.05. The van der Waals surface area contributed by atoms with Crippen molar-refractivity contribution in [1.82, 2.24) is 4.98 Å². The van der Waals surface area contributed by atoms with E-state index in [0.29, 0.717) is 21.6 Å². The van der Waals surface area contributed by atoms with E-state index in [1.807, 2.05) is 6.92 Å². The Hall–Kier alpha value is -0.490. The second kappa shape index (κ2) is 7.06. The van der Waals surface area contributed by atoms with Gasteiger partial charge in [0.25, 0.3) is 0 Å². The molecule has 0 aliphatic rings. The number of nitrogens with one attached hydrogen (secondary N) is 1. The number of nitrogens with zero attached hydrogens (tertiary/aromatic N) is 1. The average Bonchev–Trinajstić information content (AvgIpc) is 2.21. The van der Waals surface area contributed by atoms with Gasteiger partial charge in [0.15, 0.2) is 5.82 Å². The monoisotopic (exact) mass is 293 g/mol. The van der Waals surface area contributed by atoms with Gasteiger partial charge in [0, 0.05) is 18.0 Å². The molecule has 0 saturated carbocycles. The van der Waals surface area contributed by atoms with Gasteiger partial charge >= 0.3 is 0 Å². The zero-order valence-corrected chi connectivity index (χ0v) is 11.6. The molecule has 1 unspecified atom stereocenters. The summed E-state index contributed by atoms with van der Waals surface area (Å²) in [7, 11) is 0. The SMILES string of the molecule is CC(N)CSCC(=O)Nc1ncc(Cl)cc1Cl. The van der Waals surface area contributed by atoms with Gasteiger partial charge in [-0.3, -0.25) is 4.79 Å². The van der Waals surface area contributed by atoms with Crippen LogP contribution in [0.15, 0.2) is 12.3 Å². The number of amides is 1. The van der Waals surface area contributed by atoms with Crippen molar-refractivity contribution in [2.75, 3.05) is 16.8 Å². The predicted octanol–water partition coefficient (Wildman–Crippen LogP) is 2.41. The number of halogens is 2. The van der Waals surface area contributed by atoms with Gasteiger partial charge < -0.3 is 11.1 Å². The van der Waals surface area contributed by atoms with Crippen LogP contribution in [0.3, 0.4) is 0 Å². The quantitative estimate of drug-likeness (QED) is 0.875. The Labute approximate surface area is 114 Å². The van der Waals surface area contributed by atoms with Crippen LogP contribution in [0, 0.1) is 0 Å². The lowest BCUT2D eigenvalue weighted by atomic mass is 10.4. The molecule has 0 spiro atoms. The fraction of sp³-hybridized carbons (Fsp3) is 0.400. The zero-order chi connectivity index (χ0) is 12.8. The molecular formula is C10H13Cl2N3OS. The highest BCUT2D eigenvalue weighted by Crippen LogP contribution is 2.22. The summed E-state index contributed by atoms with van der Waals surface area (Å²) in [6.07, 6.45) is 1.43. The van der Waals surface area contributed by atoms with Crippen molar-refractivity contribution in [2.45, 2.75) is 13.0 Å². The first kappa shape index (κ1) is 14.6. The summed E-state index contributed by atoms with van der Waals surface area (Å²) in [6.45, 7) is 1.89. The van der Waals surface area contributed by atoms with Gasteiger partial charge in [-0.2, -0.15) is 11.8 Å². The Morgan fingerprint density at radius 1 is 1.65 bits per heavy atom. The van der Waals surface area contributed by atoms with E-state index in [0.717, 1.165) is 5.75 Å². The number of anilines is 1. The first-order valence-electron chi connectivity index (χ1n) is 4.93. The maximum atomic E-state index is 11.5. The average molecular weight is 294 g/mol. The summed E-state index contributed by atoms with van der Waals surface area (Å²) < 4.78 is 0. The van der Waals surface area contributed by atoms with Gasteiger partial charge in [-0.05, 0) is 13.0 Å². The molecule has 1 aromatic heterocycles. The van der Waals surface area contributed by atoms with Gasteiger partial charge in [-0.1, -0.05) is 23.2 Å². The van der Waals surface area contributed by atoms with Crippen LogP contribution in [0.5, 0.6) is 0 Å². The highest BCUT2D eigenvalue weighted by atomic mass is 35.5. The number of carbonyl (C=O) groups excluding carboxylic acids is 1. The van der Waals surface area contributed by atoms with Crippen molar-refractivity contribution in [2.24, 2.45) is 5.73 Å². The number of carbonyl (C=O) groups is 1. The molecule has 1 atom stereocenters. The number of aromatic nitrogens is 1. The molecule has 0 aliphatic heterocycles. The van der Waals surface area contributed by atoms with Crippen molar-refractivity contribution in [3.8, 4) is 0 Å². The zero-order valence-electron chi connectivity index (χ0n) is 9.24. The first-order valence-corrected chi connectivity index (χ1v) is 6.84. The molecule has 0 aliphatic carbocycles. The van der Waals surface area contributed by atoms with E-state index in [4.69, 9.17) is 28.9 Å². The van der Waals surface area contributed by atoms with Crippen LogP contribution < -0.4 is 11.1 Å². The highest BCUT2D eigenvalue weighted by molar-refractivity contribution is 8.00. The summed E-state index contributed by atoms with van der Waals surface area (Å²) in [5, 5.41) is 3.36. The Balaban J connectivity index is 2.45. The fourth-order valence-corrected chi connectivity index (χ4v) is 2.19. The first-order chi connectivity index (χ1) is 7.99. The van der Waals surface area contributed by atoms with Crippen LogP contribution in [-0.4, -0.2) is 28.4 Å². The number of hydrogen-bond acceptors (Lipinski definition) is 4. The lowest BCUT2D eigenvalue weighted by Crippen LogP contribution is -2.21. The molecule has 1 amide bonds. The van der Waals surface area contributed by atoms with E-state index in [2.05, 4.69) is 10.3 Å². The highest BCUT2D eigenvalue weighted by Gasteiger charge is 2.08. The van der Waals surface area contributed by atoms with Crippen molar-refractivity contribution in [3.05, 3.63) is 22.3 Å². The van der Waals surface area contributed by atoms with Crippen molar-refractivity contribution < 1.29 is 4.79 Å². The third-order valence-corrected chi connectivity index (χ3v) is 3.40. The lowest BCUT2D eigenvalue weighted by Gasteiger charge is -2.07. The number of hydrogen-bond donors (Lipinski definition) is 2. The van der Waals surface area contributed by atoms with E-state index >= 15 is 0 Å². The second-order valence-corrected chi connectivity index (χ2v) is 5.40. The van der Waals surface area contributed by atoms with Gasteiger partial charge in [0.1, 0.15) is 0 Å². The van der Waals surface area contributed by atoms with E-state index in [-0.39, 0.29) is 11.9 Å². The minimum atomic E-state index is -0.160. The topological polar surface area (TPSA) is 68.0 Å². The molecular weight excluding hydrogens is 281 g/mol. The molecule has 0 saturated heterocycles. The van der Waals surface area contributed by atoms with Crippen LogP contribution in [0.4, 0.5) is 5.82 Å². The molecule has 1 rings (SSSR count). The second-order valence-electron chi connectivity index (χ2n) is 3.52. The van der Waals surface area contributed by atoms with Gasteiger partial charge in [-0.15, -0.1) is 0 Å². The van der Waals surface area contributed by atoms with Crippen LogP contribution in [0.25, 0.3) is 0 Å². The number of thioether (sulfide) groups is 1. The number of rotatable bonds is 5. The predicted molar refractivity (Wildman–Crippen MR) is 73.9 cm³/mol. The van der Waals surface area contributed by atoms with Crippen molar-refractivity contribution in [1.29, 1.82) is 0 Å². The maximum Gasteiger partial charge on any atom is 0.235 e. The molecule has 0 bridgehead atoms. The van der Waals surface area contributed by atoms with E-state index in [9.17, 15) is 4.79 Å². The van der Waals surface area contributed by atoms with Crippen molar-refractivity contribution in [3.63, 3.8) is 0 Å². The molecule has 4 nitrogen and oxygen atoms in total. The largest absolute Gasteiger partial charge is 0.327 e. The van der Waals surface area contributed by atoms with E-state index in [1.165, 1.54) is 24.0 Å².